The van der Waals surface area contributed by atoms with E-state index < -0.39 is 0 Å². The van der Waals surface area contributed by atoms with Gasteiger partial charge in [-0.05, 0) is 33.3 Å². The quantitative estimate of drug-likeness (QED) is 0.728. The Balaban J connectivity index is 1.97. The van der Waals surface area contributed by atoms with E-state index in [0.29, 0.717) is 0 Å². The maximum Gasteiger partial charge on any atom is 0.105 e. The number of nitrogens with zero attached hydrogens (tertiary/aromatic N) is 2. The van der Waals surface area contributed by atoms with Crippen molar-refractivity contribution in [2.45, 2.75) is 44.5 Å². The minimum Gasteiger partial charge on any atom is -0.377 e. The van der Waals surface area contributed by atoms with Gasteiger partial charge in [-0.3, -0.25) is 4.98 Å². The molecular weight excluding hydrogens is 244 g/mol. The van der Waals surface area contributed by atoms with Gasteiger partial charge in [-0.25, -0.2) is 4.31 Å². The second-order valence-electron chi connectivity index (χ2n) is 6.27. The second-order valence-corrected chi connectivity index (χ2v) is 8.12. The van der Waals surface area contributed by atoms with Crippen molar-refractivity contribution in [2.24, 2.45) is 0 Å². The molecule has 18 heavy (non-hydrogen) atoms. The molecule has 0 radical (unpaired) electrons. The smallest absolute Gasteiger partial charge is 0.105 e. The molecule has 3 heterocycles. The van der Waals surface area contributed by atoms with Crippen LogP contribution in [0, 0.1) is 6.92 Å². The zero-order valence-electron chi connectivity index (χ0n) is 11.5. The molecule has 3 rings (SSSR count). The molecule has 1 aromatic rings. The fourth-order valence-electron chi connectivity index (χ4n) is 2.59. The summed E-state index contributed by atoms with van der Waals surface area (Å²) in [7, 11) is 0. The molecule has 4 heteroatoms. The minimum atomic E-state index is 0.0757. The maximum atomic E-state index is 5.52. The Morgan fingerprint density at radius 3 is 2.67 bits per heavy atom. The fraction of sp³-hybridized carbons (Fsp3) is 0.643. The van der Waals surface area contributed by atoms with Gasteiger partial charge in [-0.15, -0.1) is 0 Å². The van der Waals surface area contributed by atoms with Gasteiger partial charge in [0.05, 0.1) is 25.5 Å². The lowest BCUT2D eigenvalue weighted by atomic mass is 9.90. The average molecular weight is 264 g/mol. The summed E-state index contributed by atoms with van der Waals surface area (Å²) in [5.74, 6) is 0. The Morgan fingerprint density at radius 1 is 1.39 bits per heavy atom. The van der Waals surface area contributed by atoms with E-state index in [4.69, 9.17) is 4.74 Å². The third-order valence-corrected chi connectivity index (χ3v) is 4.69. The van der Waals surface area contributed by atoms with Gasteiger partial charge in [0.15, 0.2) is 0 Å². The van der Waals surface area contributed by atoms with E-state index in [1.807, 2.05) is 18.1 Å². The van der Waals surface area contributed by atoms with Crippen LogP contribution in [-0.4, -0.2) is 27.2 Å². The number of pyridine rings is 1. The molecule has 1 spiro atoms. The number of aryl methyl sites for hydroxylation is 1. The summed E-state index contributed by atoms with van der Waals surface area (Å²) in [5, 5.41) is 0. The molecule has 98 valence electrons. The molecule has 2 aliphatic rings. The molecule has 1 fully saturated rings. The van der Waals surface area contributed by atoms with Crippen LogP contribution in [0.4, 0.5) is 0 Å². The number of fused-ring (bicyclic) bond motifs is 2. The van der Waals surface area contributed by atoms with Crippen molar-refractivity contribution >= 4 is 11.9 Å². The van der Waals surface area contributed by atoms with E-state index in [2.05, 4.69) is 43.1 Å². The van der Waals surface area contributed by atoms with Gasteiger partial charge in [-0.2, -0.15) is 0 Å². The minimum absolute atomic E-state index is 0.0757. The summed E-state index contributed by atoms with van der Waals surface area (Å²) in [5.41, 5.74) is 3.92. The Morgan fingerprint density at radius 2 is 2.11 bits per heavy atom. The number of hydrogen-bond acceptors (Lipinski definition) is 4. The van der Waals surface area contributed by atoms with Gasteiger partial charge < -0.3 is 4.74 Å². The highest BCUT2D eigenvalue weighted by molar-refractivity contribution is 7.98. The van der Waals surface area contributed by atoms with Crippen LogP contribution in [0.2, 0.25) is 0 Å². The van der Waals surface area contributed by atoms with Crippen molar-refractivity contribution in [3.8, 4) is 0 Å². The lowest BCUT2D eigenvalue weighted by molar-refractivity contribution is -0.107. The molecule has 0 amide bonds. The van der Waals surface area contributed by atoms with E-state index in [1.165, 1.54) is 16.8 Å². The number of aromatic nitrogens is 1. The summed E-state index contributed by atoms with van der Waals surface area (Å²) >= 11 is 1.92. The molecule has 1 saturated heterocycles. The molecule has 2 aliphatic heterocycles. The van der Waals surface area contributed by atoms with Crippen molar-refractivity contribution in [3.63, 3.8) is 0 Å². The van der Waals surface area contributed by atoms with E-state index in [0.717, 1.165) is 19.8 Å². The Hall–Kier alpha value is -0.580. The van der Waals surface area contributed by atoms with Gasteiger partial charge in [0.1, 0.15) is 5.54 Å². The van der Waals surface area contributed by atoms with Crippen LogP contribution in [0.3, 0.4) is 0 Å². The van der Waals surface area contributed by atoms with Crippen molar-refractivity contribution in [3.05, 3.63) is 29.1 Å². The first-order valence-electron chi connectivity index (χ1n) is 6.41. The lowest BCUT2D eigenvalue weighted by Gasteiger charge is -2.46. The van der Waals surface area contributed by atoms with Crippen molar-refractivity contribution in [1.82, 2.24) is 9.29 Å². The summed E-state index contributed by atoms with van der Waals surface area (Å²) in [6.07, 6.45) is 1.97. The van der Waals surface area contributed by atoms with Gasteiger partial charge in [-0.1, -0.05) is 18.0 Å². The molecule has 0 unspecified atom stereocenters. The topological polar surface area (TPSA) is 25.4 Å². The van der Waals surface area contributed by atoms with Crippen LogP contribution in [-0.2, 0) is 16.8 Å². The molecular formula is C14H20N2OS. The zero-order chi connectivity index (χ0) is 13.0. The molecule has 0 atom stereocenters. The molecule has 3 nitrogen and oxygen atoms in total. The van der Waals surface area contributed by atoms with Crippen LogP contribution in [0.5, 0.6) is 0 Å². The van der Waals surface area contributed by atoms with Crippen LogP contribution in [0.15, 0.2) is 12.3 Å². The summed E-state index contributed by atoms with van der Waals surface area (Å²) in [4.78, 5) is 4.61. The Labute approximate surface area is 113 Å². The van der Waals surface area contributed by atoms with Crippen LogP contribution in [0.25, 0.3) is 0 Å². The highest BCUT2D eigenvalue weighted by Crippen LogP contribution is 2.49. The predicted octanol–water partition coefficient (Wildman–Crippen LogP) is 2.88. The van der Waals surface area contributed by atoms with Crippen molar-refractivity contribution in [1.29, 1.82) is 0 Å². The SMILES string of the molecule is Cc1cnc2c(c1)C1(COC1)N(SC(C)(C)C)C2. The zero-order valence-corrected chi connectivity index (χ0v) is 12.3. The van der Waals surface area contributed by atoms with Gasteiger partial charge in [0.2, 0.25) is 0 Å². The van der Waals surface area contributed by atoms with Crippen molar-refractivity contribution in [2.75, 3.05) is 13.2 Å². The molecule has 0 aromatic carbocycles. The number of rotatable bonds is 1. The maximum absolute atomic E-state index is 5.52. The molecule has 0 saturated carbocycles. The van der Waals surface area contributed by atoms with E-state index >= 15 is 0 Å². The molecule has 1 aromatic heterocycles. The second kappa shape index (κ2) is 3.95. The first kappa shape index (κ1) is 12.5. The Kier molecular flexibility index (Phi) is 2.74. The first-order chi connectivity index (χ1) is 8.41. The van der Waals surface area contributed by atoms with E-state index in [9.17, 15) is 0 Å². The average Bonchev–Trinajstić information content (AvgIpc) is 2.47. The summed E-state index contributed by atoms with van der Waals surface area (Å²) in [6, 6.07) is 2.29. The summed E-state index contributed by atoms with van der Waals surface area (Å²) < 4.78 is 8.22. The highest BCUT2D eigenvalue weighted by atomic mass is 32.2. The van der Waals surface area contributed by atoms with Crippen LogP contribution in [0.1, 0.15) is 37.6 Å². The Bertz CT molecular complexity index is 477. The van der Waals surface area contributed by atoms with Crippen LogP contribution >= 0.6 is 11.9 Å². The first-order valence-corrected chi connectivity index (χ1v) is 7.19. The van der Waals surface area contributed by atoms with Crippen molar-refractivity contribution < 1.29 is 4.74 Å². The van der Waals surface area contributed by atoms with Crippen LogP contribution < -0.4 is 0 Å². The van der Waals surface area contributed by atoms with Gasteiger partial charge in [0, 0.05) is 16.5 Å². The number of hydrogen-bond donors (Lipinski definition) is 0. The highest BCUT2D eigenvalue weighted by Gasteiger charge is 2.53. The monoisotopic (exact) mass is 264 g/mol. The lowest BCUT2D eigenvalue weighted by Crippen LogP contribution is -2.54. The summed E-state index contributed by atoms with van der Waals surface area (Å²) in [6.45, 7) is 11.4. The normalized spacial score (nSPS) is 22.0. The third-order valence-electron chi connectivity index (χ3n) is 3.44. The predicted molar refractivity (Wildman–Crippen MR) is 74.4 cm³/mol. The molecule has 0 bridgehead atoms. The largest absolute Gasteiger partial charge is 0.377 e. The molecule has 0 aliphatic carbocycles. The van der Waals surface area contributed by atoms with Gasteiger partial charge >= 0.3 is 0 Å². The van der Waals surface area contributed by atoms with Gasteiger partial charge in [0.25, 0.3) is 0 Å². The number of ether oxygens (including phenoxy) is 1. The molecule has 0 N–H and O–H groups in total. The third kappa shape index (κ3) is 1.87. The van der Waals surface area contributed by atoms with E-state index in [1.54, 1.807) is 0 Å². The van der Waals surface area contributed by atoms with E-state index in [-0.39, 0.29) is 10.3 Å². The fourth-order valence-corrected chi connectivity index (χ4v) is 3.82. The standard InChI is InChI=1S/C14H20N2OS/c1-10-5-11-12(15-6-10)7-16(18-13(2,3)4)14(11)8-17-9-14/h5-6H,7-9H2,1-4H3.